The van der Waals surface area contributed by atoms with Crippen molar-refractivity contribution in [1.29, 1.82) is 0 Å². The summed E-state index contributed by atoms with van der Waals surface area (Å²) in [6, 6.07) is 6.40. The normalized spacial score (nSPS) is 16.5. The molecule has 0 radical (unpaired) electrons. The molecule has 1 aliphatic rings. The Bertz CT molecular complexity index is 1710. The van der Waals surface area contributed by atoms with Crippen LogP contribution in [0.4, 0.5) is 33.7 Å². The van der Waals surface area contributed by atoms with E-state index in [4.69, 9.17) is 9.47 Å². The van der Waals surface area contributed by atoms with Crippen LogP contribution in [-0.2, 0) is 29.6 Å². The Morgan fingerprint density at radius 3 is 2.24 bits per heavy atom. The van der Waals surface area contributed by atoms with Gasteiger partial charge in [-0.15, -0.1) is 0 Å². The molecule has 0 saturated carbocycles. The Kier molecular flexibility index (Phi) is 10.2. The number of carbonyl (C=O) groups is 2. The molecule has 0 aromatic heterocycles. The molecule has 2 atom stereocenters. The highest BCUT2D eigenvalue weighted by Gasteiger charge is 2.51. The van der Waals surface area contributed by atoms with Crippen molar-refractivity contribution in [2.24, 2.45) is 5.92 Å². The highest BCUT2D eigenvalue weighted by Crippen LogP contribution is 2.41. The summed E-state index contributed by atoms with van der Waals surface area (Å²) in [5.74, 6) is -3.09. The Hall–Kier alpha value is -3.80. The number of nitrogens with zero attached hydrogens (tertiary/aromatic N) is 1. The maximum atomic E-state index is 14.1. The van der Waals surface area contributed by atoms with Crippen molar-refractivity contribution >= 4 is 43.4 Å². The second-order valence-corrected chi connectivity index (χ2v) is 16.3. The number of amides is 2. The molecule has 1 aliphatic heterocycles. The predicted octanol–water partition coefficient (Wildman–Crippen LogP) is 4.95. The van der Waals surface area contributed by atoms with Gasteiger partial charge in [-0.1, -0.05) is 6.92 Å². The number of hydrogen-bond acceptors (Lipinski definition) is 9. The van der Waals surface area contributed by atoms with Crippen molar-refractivity contribution in [2.75, 3.05) is 23.3 Å². The van der Waals surface area contributed by atoms with E-state index in [9.17, 15) is 44.0 Å². The van der Waals surface area contributed by atoms with E-state index in [1.54, 1.807) is 0 Å². The minimum Gasteiger partial charge on any atom is -0.494 e. The van der Waals surface area contributed by atoms with Crippen LogP contribution in [0, 0.1) is 11.7 Å². The molecule has 0 fully saturated rings. The van der Waals surface area contributed by atoms with Gasteiger partial charge < -0.3 is 14.2 Å². The van der Waals surface area contributed by atoms with Gasteiger partial charge in [-0.05, 0) is 71.4 Å². The van der Waals surface area contributed by atoms with Crippen LogP contribution in [0.1, 0.15) is 48.0 Å². The number of rotatable bonds is 9. The number of sulfonamides is 2. The third-order valence-corrected chi connectivity index (χ3v) is 10.8. The lowest BCUT2D eigenvalue weighted by atomic mass is 10.0. The molecule has 0 unspecified atom stereocenters. The summed E-state index contributed by atoms with van der Waals surface area (Å²) >= 11 is 0. The summed E-state index contributed by atoms with van der Waals surface area (Å²) < 4.78 is 124. The van der Waals surface area contributed by atoms with E-state index in [-0.39, 0.29) is 29.3 Å². The van der Waals surface area contributed by atoms with Gasteiger partial charge in [0.25, 0.3) is 10.0 Å². The van der Waals surface area contributed by atoms with Gasteiger partial charge in [0.05, 0.1) is 29.0 Å². The second-order valence-electron chi connectivity index (χ2n) is 12.0. The van der Waals surface area contributed by atoms with Crippen LogP contribution in [0.3, 0.4) is 0 Å². The van der Waals surface area contributed by atoms with Crippen molar-refractivity contribution in [2.45, 2.75) is 75.5 Å². The number of fused-ring (bicyclic) bond motifs is 1. The van der Waals surface area contributed by atoms with E-state index in [0.29, 0.717) is 13.8 Å². The Balaban J connectivity index is 1.99. The van der Waals surface area contributed by atoms with Crippen molar-refractivity contribution in [3.63, 3.8) is 0 Å². The summed E-state index contributed by atoms with van der Waals surface area (Å²) in [6.07, 6.45) is -7.52. The van der Waals surface area contributed by atoms with Gasteiger partial charge in [-0.25, -0.2) is 26.0 Å². The maximum absolute atomic E-state index is 14.1. The van der Waals surface area contributed by atoms with Gasteiger partial charge in [-0.2, -0.15) is 13.2 Å². The Morgan fingerprint density at radius 2 is 1.67 bits per heavy atom. The van der Waals surface area contributed by atoms with E-state index in [1.165, 1.54) is 39.8 Å². The number of alkyl halides is 3. The third kappa shape index (κ3) is 7.94. The van der Waals surface area contributed by atoms with Gasteiger partial charge in [0.2, 0.25) is 21.5 Å². The quantitative estimate of drug-likeness (QED) is 0.346. The molecule has 3 rings (SSSR count). The fourth-order valence-electron chi connectivity index (χ4n) is 3.99. The zero-order valence-electron chi connectivity index (χ0n) is 26.0. The maximum Gasteiger partial charge on any atom is 0.427 e. The molecule has 46 heavy (non-hydrogen) atoms. The molecule has 2 amide bonds. The van der Waals surface area contributed by atoms with E-state index < -0.39 is 77.9 Å². The first kappa shape index (κ1) is 36.7. The second kappa shape index (κ2) is 12.8. The van der Waals surface area contributed by atoms with Gasteiger partial charge >= 0.3 is 12.3 Å². The first-order valence-electron chi connectivity index (χ1n) is 13.7. The fraction of sp³-hybridized carbons (Fsp3) is 0.500. The molecule has 2 aromatic rings. The highest BCUT2D eigenvalue weighted by atomic mass is 32.2. The Morgan fingerprint density at radius 1 is 1.04 bits per heavy atom. The molecule has 2 N–H and O–H groups in total. The molecule has 12 nitrogen and oxygen atoms in total. The van der Waals surface area contributed by atoms with Crippen molar-refractivity contribution in [3.8, 4) is 11.5 Å². The average Bonchev–Trinajstić information content (AvgIpc) is 2.91. The molecule has 2 aromatic carbocycles. The van der Waals surface area contributed by atoms with Gasteiger partial charge in [0.1, 0.15) is 11.9 Å². The molecule has 256 valence electrons. The number of nitrogens with one attached hydrogen (secondary N) is 2. The van der Waals surface area contributed by atoms with Crippen LogP contribution in [0.15, 0.2) is 41.3 Å². The minimum absolute atomic E-state index is 0.0571. The summed E-state index contributed by atoms with van der Waals surface area (Å²) in [5.41, 5.74) is -3.14. The number of ether oxygens (including phenoxy) is 3. The Labute approximate surface area is 264 Å². The fourth-order valence-corrected chi connectivity index (χ4v) is 6.28. The average molecular weight is 698 g/mol. The number of hydrogen-bond donors (Lipinski definition) is 2. The molecule has 0 bridgehead atoms. The van der Waals surface area contributed by atoms with Crippen LogP contribution >= 0.6 is 0 Å². The van der Waals surface area contributed by atoms with Crippen LogP contribution in [0.5, 0.6) is 11.5 Å². The SMILES string of the molecule is COc1cc(S(=O)(=O)N2C[C@H](C[C@@H](C)C(=O)NS(=O)(=O)C(C)(C)C)Oc3ccc(NC(=O)OC(C)(C)C(F)(F)F)cc32)ccc1F. The molecular weight excluding hydrogens is 662 g/mol. The van der Waals surface area contributed by atoms with Gasteiger partial charge in [0, 0.05) is 17.7 Å². The lowest BCUT2D eigenvalue weighted by Crippen LogP contribution is -2.47. The van der Waals surface area contributed by atoms with Gasteiger partial charge in [0.15, 0.2) is 11.6 Å². The zero-order chi connectivity index (χ0) is 35.0. The largest absolute Gasteiger partial charge is 0.494 e. The lowest BCUT2D eigenvalue weighted by molar-refractivity contribution is -0.242. The van der Waals surface area contributed by atoms with Crippen molar-refractivity contribution in [1.82, 2.24) is 4.72 Å². The first-order chi connectivity index (χ1) is 20.9. The third-order valence-electron chi connectivity index (χ3n) is 6.98. The summed E-state index contributed by atoms with van der Waals surface area (Å²) in [4.78, 5) is 24.7. The molecule has 0 saturated heterocycles. The van der Waals surface area contributed by atoms with Crippen molar-refractivity contribution in [3.05, 3.63) is 42.2 Å². The van der Waals surface area contributed by atoms with Crippen LogP contribution in [0.25, 0.3) is 0 Å². The lowest BCUT2D eigenvalue weighted by Gasteiger charge is -2.36. The molecule has 1 heterocycles. The summed E-state index contributed by atoms with van der Waals surface area (Å²) in [5, 5.41) is 2.13. The topological polar surface area (TPSA) is 157 Å². The number of anilines is 2. The molecule has 0 spiro atoms. The van der Waals surface area contributed by atoms with E-state index in [1.807, 2.05) is 4.72 Å². The summed E-state index contributed by atoms with van der Waals surface area (Å²) in [6.45, 7) is 6.51. The van der Waals surface area contributed by atoms with E-state index in [2.05, 4.69) is 10.1 Å². The number of benzene rings is 2. The van der Waals surface area contributed by atoms with Crippen LogP contribution in [0.2, 0.25) is 0 Å². The monoisotopic (exact) mass is 697 g/mol. The number of halogens is 4. The zero-order valence-corrected chi connectivity index (χ0v) is 27.6. The smallest absolute Gasteiger partial charge is 0.427 e. The highest BCUT2D eigenvalue weighted by molar-refractivity contribution is 7.93. The number of carbonyl (C=O) groups excluding carboxylic acids is 2. The standard InChI is InChI=1S/C28H35F4N3O9S2/c1-16(24(36)34-46(40,41)26(2,3)4)12-18-15-35(45(38,39)19-9-10-20(29)23(14-19)42-7)21-13-17(8-11-22(21)43-18)33-25(37)44-27(5,6)28(30,31)32/h8-11,13-14,16,18H,12,15H2,1-7H3,(H,33,37)(H,34,36)/t16-,18+/m1/s1. The molecular formula is C28H35F4N3O9S2. The number of methoxy groups -OCH3 is 1. The first-order valence-corrected chi connectivity index (χ1v) is 16.6. The van der Waals surface area contributed by atoms with Crippen molar-refractivity contribution < 1.29 is 58.2 Å². The minimum atomic E-state index is -4.88. The van der Waals surface area contributed by atoms with Gasteiger partial charge in [-0.3, -0.25) is 19.1 Å². The predicted molar refractivity (Wildman–Crippen MR) is 159 cm³/mol. The van der Waals surface area contributed by atoms with E-state index in [0.717, 1.165) is 35.7 Å². The van der Waals surface area contributed by atoms with E-state index >= 15 is 0 Å². The van der Waals surface area contributed by atoms with Crippen LogP contribution < -0.4 is 23.8 Å². The molecule has 18 heteroatoms. The molecule has 0 aliphatic carbocycles. The van der Waals surface area contributed by atoms with Crippen LogP contribution in [-0.4, -0.2) is 65.1 Å². The summed E-state index contributed by atoms with van der Waals surface area (Å²) in [7, 11) is -7.44.